The second kappa shape index (κ2) is 12.1. The van der Waals surface area contributed by atoms with Crippen LogP contribution >= 0.6 is 0 Å². The van der Waals surface area contributed by atoms with Gasteiger partial charge in [0.15, 0.2) is 11.5 Å². The van der Waals surface area contributed by atoms with Gasteiger partial charge in [0.2, 0.25) is 11.8 Å². The number of nitrogens with one attached hydrogen (secondary N) is 3. The Morgan fingerprint density at radius 1 is 1.03 bits per heavy atom. The number of benzene rings is 1. The lowest BCUT2D eigenvalue weighted by Crippen LogP contribution is -2.58. The molecular formula is C26H34N4O7. The summed E-state index contributed by atoms with van der Waals surface area (Å²) in [6.07, 6.45) is 0.533. The SMILES string of the molecule is Cc1cc(C(=O)NC(CO)C(=O)N[C@@H](Cc2ccccc2)C(=O)N[C@@H](CC(C)C)C(=O)[C@@]2(C)CO2)no1. The van der Waals surface area contributed by atoms with Gasteiger partial charge in [0, 0.05) is 12.5 Å². The number of aromatic nitrogens is 1. The molecule has 4 atom stereocenters. The number of aliphatic hydroxyl groups is 1. The summed E-state index contributed by atoms with van der Waals surface area (Å²) in [5.41, 5.74) is -0.195. The van der Waals surface area contributed by atoms with Crippen molar-refractivity contribution in [2.24, 2.45) is 5.92 Å². The summed E-state index contributed by atoms with van der Waals surface area (Å²) < 4.78 is 10.2. The van der Waals surface area contributed by atoms with Gasteiger partial charge in [0.25, 0.3) is 5.91 Å². The highest BCUT2D eigenvalue weighted by Gasteiger charge is 2.50. The van der Waals surface area contributed by atoms with Crippen molar-refractivity contribution in [1.82, 2.24) is 21.1 Å². The van der Waals surface area contributed by atoms with Gasteiger partial charge in [0.05, 0.1) is 19.3 Å². The highest BCUT2D eigenvalue weighted by molar-refractivity contribution is 5.99. The van der Waals surface area contributed by atoms with Crippen molar-refractivity contribution < 1.29 is 33.5 Å². The number of amides is 3. The van der Waals surface area contributed by atoms with Crippen molar-refractivity contribution in [2.45, 2.75) is 64.3 Å². The molecule has 2 aromatic rings. The second-order valence-electron chi connectivity index (χ2n) is 9.86. The monoisotopic (exact) mass is 514 g/mol. The summed E-state index contributed by atoms with van der Waals surface area (Å²) in [7, 11) is 0. The van der Waals surface area contributed by atoms with Crippen LogP contribution in [0, 0.1) is 12.8 Å². The minimum Gasteiger partial charge on any atom is -0.394 e. The summed E-state index contributed by atoms with van der Waals surface area (Å²) >= 11 is 0. The number of hydrogen-bond donors (Lipinski definition) is 4. The molecule has 200 valence electrons. The number of rotatable bonds is 13. The predicted octanol–water partition coefficient (Wildman–Crippen LogP) is 0.690. The fraction of sp³-hybridized carbons (Fsp3) is 0.500. The normalized spacial score (nSPS) is 19.0. The molecule has 1 fully saturated rings. The Kier molecular flexibility index (Phi) is 9.17. The van der Waals surface area contributed by atoms with E-state index in [-0.39, 0.29) is 23.8 Å². The minimum atomic E-state index is -1.34. The molecule has 1 aromatic carbocycles. The summed E-state index contributed by atoms with van der Waals surface area (Å²) in [4.78, 5) is 51.8. The molecule has 4 N–H and O–H groups in total. The lowest BCUT2D eigenvalue weighted by Gasteiger charge is -2.26. The molecular weight excluding hydrogens is 480 g/mol. The molecule has 1 aliphatic rings. The van der Waals surface area contributed by atoms with E-state index < -0.39 is 48.1 Å². The van der Waals surface area contributed by atoms with Crippen molar-refractivity contribution >= 4 is 23.5 Å². The lowest BCUT2D eigenvalue weighted by molar-refractivity contribution is -0.133. The number of nitrogens with zero attached hydrogens (tertiary/aromatic N) is 1. The Morgan fingerprint density at radius 2 is 1.65 bits per heavy atom. The van der Waals surface area contributed by atoms with Gasteiger partial charge in [-0.15, -0.1) is 0 Å². The van der Waals surface area contributed by atoms with Crippen LogP contribution < -0.4 is 16.0 Å². The van der Waals surface area contributed by atoms with Crippen molar-refractivity contribution in [1.29, 1.82) is 0 Å². The zero-order valence-corrected chi connectivity index (χ0v) is 21.4. The van der Waals surface area contributed by atoms with Crippen LogP contribution in [0.15, 0.2) is 40.9 Å². The van der Waals surface area contributed by atoms with Crippen LogP contribution in [0.4, 0.5) is 0 Å². The number of ether oxygens (including phenoxy) is 1. The molecule has 0 aliphatic carbocycles. The largest absolute Gasteiger partial charge is 0.394 e. The molecule has 0 radical (unpaired) electrons. The van der Waals surface area contributed by atoms with Crippen molar-refractivity contribution in [3.8, 4) is 0 Å². The Morgan fingerprint density at radius 3 is 2.19 bits per heavy atom. The highest BCUT2D eigenvalue weighted by atomic mass is 16.6. The molecule has 3 amide bonds. The first-order chi connectivity index (χ1) is 17.5. The average molecular weight is 515 g/mol. The van der Waals surface area contributed by atoms with Gasteiger partial charge in [-0.25, -0.2) is 0 Å². The van der Waals surface area contributed by atoms with Gasteiger partial charge in [-0.05, 0) is 31.7 Å². The summed E-state index contributed by atoms with van der Waals surface area (Å²) in [5.74, 6) is -1.73. The van der Waals surface area contributed by atoms with Crippen molar-refractivity contribution in [3.05, 3.63) is 53.4 Å². The molecule has 3 rings (SSSR count). The summed E-state index contributed by atoms with van der Waals surface area (Å²) in [5, 5.41) is 21.2. The number of epoxide rings is 1. The summed E-state index contributed by atoms with van der Waals surface area (Å²) in [6.45, 7) is 6.76. The third-order valence-electron chi connectivity index (χ3n) is 6.02. The lowest BCUT2D eigenvalue weighted by atomic mass is 9.93. The summed E-state index contributed by atoms with van der Waals surface area (Å²) in [6, 6.07) is 7.22. The van der Waals surface area contributed by atoms with Gasteiger partial charge in [-0.2, -0.15) is 0 Å². The fourth-order valence-corrected chi connectivity index (χ4v) is 3.83. The fourth-order valence-electron chi connectivity index (χ4n) is 3.83. The standard InChI is InChI=1S/C26H34N4O7/c1-15(2)10-18(22(32)26(4)14-36-26)27-23(33)19(12-17-8-6-5-7-9-17)28-25(35)21(13-31)29-24(34)20-11-16(3)37-30-20/h5-9,11,15,18-19,21,31H,10,12-14H2,1-4H3,(H,27,33)(H,28,35)(H,29,34)/t18-,19-,21?,26+/m0/s1. The third kappa shape index (κ3) is 7.70. The Balaban J connectivity index is 1.75. The zero-order valence-electron chi connectivity index (χ0n) is 21.4. The Labute approximate surface area is 215 Å². The zero-order chi connectivity index (χ0) is 27.2. The number of carbonyl (C=O) groups excluding carboxylic acids is 4. The van der Waals surface area contributed by atoms with E-state index in [9.17, 15) is 24.3 Å². The maximum Gasteiger partial charge on any atom is 0.274 e. The molecule has 0 spiro atoms. The topological polar surface area (TPSA) is 163 Å². The van der Waals surface area contributed by atoms with Crippen LogP contribution in [-0.2, 0) is 25.5 Å². The number of ketones is 1. The maximum absolute atomic E-state index is 13.4. The first kappa shape index (κ1) is 28.0. The first-order valence-electron chi connectivity index (χ1n) is 12.2. The molecule has 37 heavy (non-hydrogen) atoms. The highest BCUT2D eigenvalue weighted by Crippen LogP contribution is 2.29. The maximum atomic E-state index is 13.4. The first-order valence-corrected chi connectivity index (χ1v) is 12.2. The number of aryl methyl sites for hydroxylation is 1. The van der Waals surface area contributed by atoms with Gasteiger partial charge < -0.3 is 30.3 Å². The number of Topliss-reactive ketones (excluding diaryl/α,β-unsaturated/α-hetero) is 1. The number of carbonyl (C=O) groups is 4. The van der Waals surface area contributed by atoms with Gasteiger partial charge >= 0.3 is 0 Å². The van der Waals surface area contributed by atoms with E-state index in [1.54, 1.807) is 38.1 Å². The van der Waals surface area contributed by atoms with Gasteiger partial charge in [-0.1, -0.05) is 49.3 Å². The van der Waals surface area contributed by atoms with Crippen LogP contribution in [-0.4, -0.2) is 70.7 Å². The Bertz CT molecular complexity index is 1110. The van der Waals surface area contributed by atoms with Gasteiger partial charge in [-0.3, -0.25) is 19.2 Å². The molecule has 1 aliphatic heterocycles. The molecule has 2 heterocycles. The predicted molar refractivity (Wildman–Crippen MR) is 132 cm³/mol. The van der Waals surface area contributed by atoms with E-state index in [0.717, 1.165) is 5.56 Å². The van der Waals surface area contributed by atoms with E-state index in [1.165, 1.54) is 6.07 Å². The molecule has 1 aromatic heterocycles. The molecule has 11 heteroatoms. The van der Waals surface area contributed by atoms with E-state index in [2.05, 4.69) is 21.1 Å². The van der Waals surface area contributed by atoms with Crippen LogP contribution in [0.2, 0.25) is 0 Å². The number of hydrogen-bond acceptors (Lipinski definition) is 8. The second-order valence-corrected chi connectivity index (χ2v) is 9.86. The van der Waals surface area contributed by atoms with E-state index in [0.29, 0.717) is 18.8 Å². The molecule has 11 nitrogen and oxygen atoms in total. The number of aliphatic hydroxyl groups excluding tert-OH is 1. The molecule has 1 unspecified atom stereocenters. The van der Waals surface area contributed by atoms with Crippen molar-refractivity contribution in [2.75, 3.05) is 13.2 Å². The van der Waals surface area contributed by atoms with Crippen LogP contribution in [0.5, 0.6) is 0 Å². The Hall–Kier alpha value is -3.57. The molecule has 1 saturated heterocycles. The van der Waals surface area contributed by atoms with Crippen LogP contribution in [0.1, 0.15) is 49.0 Å². The van der Waals surface area contributed by atoms with Gasteiger partial charge in [0.1, 0.15) is 23.4 Å². The van der Waals surface area contributed by atoms with E-state index in [1.807, 2.05) is 19.9 Å². The average Bonchev–Trinajstić information content (AvgIpc) is 3.46. The van der Waals surface area contributed by atoms with E-state index >= 15 is 0 Å². The minimum absolute atomic E-state index is 0.0480. The molecule has 0 saturated carbocycles. The van der Waals surface area contributed by atoms with Crippen LogP contribution in [0.3, 0.4) is 0 Å². The van der Waals surface area contributed by atoms with Crippen molar-refractivity contribution in [3.63, 3.8) is 0 Å². The third-order valence-corrected chi connectivity index (χ3v) is 6.02. The smallest absolute Gasteiger partial charge is 0.274 e. The molecule has 0 bridgehead atoms. The van der Waals surface area contributed by atoms with Crippen LogP contribution in [0.25, 0.3) is 0 Å². The quantitative estimate of drug-likeness (QED) is 0.284. The van der Waals surface area contributed by atoms with E-state index in [4.69, 9.17) is 9.26 Å².